The number of sulfone groups is 1. The average Bonchev–Trinajstić information content (AvgIpc) is 3.00. The average molecular weight is 498 g/mol. The van der Waals surface area contributed by atoms with E-state index >= 15 is 0 Å². The molecule has 4 rings (SSSR count). The molecule has 1 atom stereocenters. The second-order valence-corrected chi connectivity index (χ2v) is 13.6. The fourth-order valence-electron chi connectivity index (χ4n) is 5.07. The molecule has 1 aromatic rings. The van der Waals surface area contributed by atoms with Crippen LogP contribution in [-0.4, -0.2) is 93.7 Å². The number of hydrogen-bond donors (Lipinski definition) is 0. The van der Waals surface area contributed by atoms with Crippen LogP contribution in [0.3, 0.4) is 0 Å². The zero-order valence-electron chi connectivity index (χ0n) is 19.2. The fourth-order valence-corrected chi connectivity index (χ4v) is 8.35. The van der Waals surface area contributed by atoms with Gasteiger partial charge in [0.15, 0.2) is 9.84 Å². The Bertz CT molecular complexity index is 1020. The monoisotopic (exact) mass is 497 g/mol. The zero-order chi connectivity index (χ0) is 23.5. The van der Waals surface area contributed by atoms with E-state index in [0.29, 0.717) is 50.3 Å². The maximum atomic E-state index is 12.9. The van der Waals surface area contributed by atoms with E-state index in [1.54, 1.807) is 16.4 Å². The van der Waals surface area contributed by atoms with E-state index in [9.17, 15) is 21.6 Å². The highest BCUT2D eigenvalue weighted by Crippen LogP contribution is 2.22. The highest BCUT2D eigenvalue weighted by molar-refractivity contribution is 7.91. The second kappa shape index (κ2) is 10.4. The first-order chi connectivity index (χ1) is 15.7. The van der Waals surface area contributed by atoms with E-state index in [2.05, 4.69) is 4.90 Å². The van der Waals surface area contributed by atoms with Crippen LogP contribution in [-0.2, 0) is 31.1 Å². The van der Waals surface area contributed by atoms with Gasteiger partial charge in [-0.05, 0) is 43.4 Å². The Balaban J connectivity index is 1.25. The Morgan fingerprint density at radius 1 is 0.909 bits per heavy atom. The number of sulfonamides is 1. The maximum absolute atomic E-state index is 12.9. The summed E-state index contributed by atoms with van der Waals surface area (Å²) in [5.74, 6) is 0.606. The van der Waals surface area contributed by atoms with Crippen molar-refractivity contribution >= 4 is 25.8 Å². The van der Waals surface area contributed by atoms with Crippen LogP contribution in [0.4, 0.5) is 0 Å². The number of benzene rings is 1. The van der Waals surface area contributed by atoms with Crippen molar-refractivity contribution in [1.82, 2.24) is 14.1 Å². The largest absolute Gasteiger partial charge is 0.340 e. The topological polar surface area (TPSA) is 95.1 Å². The Kier molecular flexibility index (Phi) is 7.77. The van der Waals surface area contributed by atoms with Gasteiger partial charge in [0, 0.05) is 51.7 Å². The van der Waals surface area contributed by atoms with Crippen molar-refractivity contribution in [3.63, 3.8) is 0 Å². The van der Waals surface area contributed by atoms with Crippen molar-refractivity contribution in [3.05, 3.63) is 29.8 Å². The fraction of sp³-hybridized carbons (Fsp3) is 0.696. The summed E-state index contributed by atoms with van der Waals surface area (Å²) < 4.78 is 50.9. The minimum atomic E-state index is -3.45. The van der Waals surface area contributed by atoms with Crippen LogP contribution in [0.1, 0.15) is 44.1 Å². The molecule has 3 saturated heterocycles. The molecule has 3 aliphatic rings. The van der Waals surface area contributed by atoms with E-state index < -0.39 is 19.9 Å². The van der Waals surface area contributed by atoms with Crippen LogP contribution in [0, 0.1) is 0 Å². The van der Waals surface area contributed by atoms with Crippen molar-refractivity contribution in [2.24, 2.45) is 0 Å². The number of hydrogen-bond acceptors (Lipinski definition) is 6. The highest BCUT2D eigenvalue weighted by atomic mass is 32.2. The first-order valence-electron chi connectivity index (χ1n) is 12.1. The van der Waals surface area contributed by atoms with E-state index in [1.807, 2.05) is 17.0 Å². The first kappa shape index (κ1) is 24.6. The normalized spacial score (nSPS) is 25.1. The van der Waals surface area contributed by atoms with Gasteiger partial charge in [0.1, 0.15) is 0 Å². The Morgan fingerprint density at radius 2 is 1.55 bits per heavy atom. The van der Waals surface area contributed by atoms with Crippen LogP contribution in [0.2, 0.25) is 0 Å². The third-order valence-electron chi connectivity index (χ3n) is 7.15. The molecule has 1 aromatic carbocycles. The summed E-state index contributed by atoms with van der Waals surface area (Å²) in [7, 11) is -6.35. The van der Waals surface area contributed by atoms with Gasteiger partial charge in [0.25, 0.3) is 0 Å². The lowest BCUT2D eigenvalue weighted by Gasteiger charge is -2.37. The van der Waals surface area contributed by atoms with Gasteiger partial charge in [-0.1, -0.05) is 25.0 Å². The third-order valence-corrected chi connectivity index (χ3v) is 10.8. The molecule has 0 spiro atoms. The lowest BCUT2D eigenvalue weighted by molar-refractivity contribution is -0.133. The van der Waals surface area contributed by atoms with Gasteiger partial charge in [-0.3, -0.25) is 9.69 Å². The van der Waals surface area contributed by atoms with Crippen LogP contribution in [0.25, 0.3) is 0 Å². The summed E-state index contributed by atoms with van der Waals surface area (Å²) >= 11 is 0. The summed E-state index contributed by atoms with van der Waals surface area (Å²) in [6.45, 7) is 3.86. The quantitative estimate of drug-likeness (QED) is 0.591. The van der Waals surface area contributed by atoms with Crippen molar-refractivity contribution < 1.29 is 21.6 Å². The summed E-state index contributed by atoms with van der Waals surface area (Å²) in [6.07, 6.45) is 5.63. The number of nitrogens with zero attached hydrogens (tertiary/aromatic N) is 3. The van der Waals surface area contributed by atoms with Gasteiger partial charge >= 0.3 is 0 Å². The molecule has 3 heterocycles. The van der Waals surface area contributed by atoms with Crippen molar-refractivity contribution in [2.75, 3.05) is 50.8 Å². The van der Waals surface area contributed by atoms with E-state index in [1.165, 1.54) is 0 Å². The van der Waals surface area contributed by atoms with Crippen molar-refractivity contribution in [3.8, 4) is 0 Å². The predicted molar refractivity (Wildman–Crippen MR) is 127 cm³/mol. The van der Waals surface area contributed by atoms with Gasteiger partial charge in [-0.15, -0.1) is 0 Å². The van der Waals surface area contributed by atoms with Crippen LogP contribution < -0.4 is 0 Å². The SMILES string of the molecule is O=C(CCc1ccc(S(=O)(=O)N2CCCCCC2)cc1)N1CCN([C@@H]2CCS(=O)(=O)C2)CC1. The Morgan fingerprint density at radius 3 is 2.12 bits per heavy atom. The molecule has 0 aromatic heterocycles. The van der Waals surface area contributed by atoms with Gasteiger partial charge in [0.2, 0.25) is 15.9 Å². The van der Waals surface area contributed by atoms with Gasteiger partial charge in [-0.25, -0.2) is 16.8 Å². The third kappa shape index (κ3) is 6.15. The van der Waals surface area contributed by atoms with Crippen molar-refractivity contribution in [2.45, 2.75) is 55.9 Å². The van der Waals surface area contributed by atoms with Crippen molar-refractivity contribution in [1.29, 1.82) is 0 Å². The van der Waals surface area contributed by atoms with E-state index in [4.69, 9.17) is 0 Å². The lowest BCUT2D eigenvalue weighted by Crippen LogP contribution is -2.52. The molecule has 0 unspecified atom stereocenters. The number of piperazine rings is 1. The molecule has 0 N–H and O–H groups in total. The molecule has 0 saturated carbocycles. The number of amides is 1. The molecule has 184 valence electrons. The summed E-state index contributed by atoms with van der Waals surface area (Å²) in [5.41, 5.74) is 0.952. The molecule has 0 bridgehead atoms. The predicted octanol–water partition coefficient (Wildman–Crippen LogP) is 1.52. The molecule has 8 nitrogen and oxygen atoms in total. The van der Waals surface area contributed by atoms with Crippen LogP contribution in [0.15, 0.2) is 29.2 Å². The summed E-state index contributed by atoms with van der Waals surface area (Å²) in [5, 5.41) is 0. The molecule has 0 radical (unpaired) electrons. The molecular formula is C23H35N3O5S2. The number of carbonyl (C=O) groups excluding carboxylic acids is 1. The standard InChI is InChI=1S/C23H35N3O5S2/c27-23(25-16-14-24(15-17-25)21-11-18-32(28,29)19-21)10-7-20-5-8-22(9-6-20)33(30,31)26-12-3-1-2-4-13-26/h5-6,8-9,21H,1-4,7,10-19H2/t21-/m1/s1. The molecule has 1 amide bonds. The number of rotatable bonds is 6. The maximum Gasteiger partial charge on any atom is 0.243 e. The van der Waals surface area contributed by atoms with Crippen LogP contribution >= 0.6 is 0 Å². The smallest absolute Gasteiger partial charge is 0.243 e. The summed E-state index contributed by atoms with van der Waals surface area (Å²) in [4.78, 5) is 17.1. The van der Waals surface area contributed by atoms with Gasteiger partial charge < -0.3 is 4.90 Å². The molecule has 3 fully saturated rings. The lowest BCUT2D eigenvalue weighted by atomic mass is 10.1. The molecule has 0 aliphatic carbocycles. The number of carbonyl (C=O) groups is 1. The summed E-state index contributed by atoms with van der Waals surface area (Å²) in [6, 6.07) is 7.05. The molecular weight excluding hydrogens is 462 g/mol. The minimum Gasteiger partial charge on any atom is -0.340 e. The Hall–Kier alpha value is -1.49. The van der Waals surface area contributed by atoms with Gasteiger partial charge in [-0.2, -0.15) is 4.31 Å². The zero-order valence-corrected chi connectivity index (χ0v) is 20.8. The van der Waals surface area contributed by atoms with Gasteiger partial charge in [0.05, 0.1) is 16.4 Å². The number of aryl methyl sites for hydroxylation is 1. The minimum absolute atomic E-state index is 0.0926. The highest BCUT2D eigenvalue weighted by Gasteiger charge is 2.34. The van der Waals surface area contributed by atoms with Crippen LogP contribution in [0.5, 0.6) is 0 Å². The first-order valence-corrected chi connectivity index (χ1v) is 15.3. The van der Waals surface area contributed by atoms with E-state index in [0.717, 1.165) is 44.3 Å². The molecule has 10 heteroatoms. The molecule has 3 aliphatic heterocycles. The molecule has 33 heavy (non-hydrogen) atoms. The second-order valence-electron chi connectivity index (χ2n) is 9.44. The Labute approximate surface area is 197 Å². The van der Waals surface area contributed by atoms with E-state index in [-0.39, 0.29) is 23.5 Å².